The molecule has 0 saturated carbocycles. The van der Waals surface area contributed by atoms with Crippen LogP contribution in [-0.2, 0) is 9.59 Å². The summed E-state index contributed by atoms with van der Waals surface area (Å²) in [5, 5.41) is 11.6. The lowest BCUT2D eigenvalue weighted by atomic mass is 10.2. The number of benzene rings is 1. The Morgan fingerprint density at radius 3 is 2.53 bits per heavy atom. The molecule has 1 atom stereocenters. The molecule has 0 aromatic heterocycles. The van der Waals surface area contributed by atoms with Gasteiger partial charge in [0.2, 0.25) is 5.91 Å². The van der Waals surface area contributed by atoms with Crippen LogP contribution in [0.2, 0.25) is 10.0 Å². The molecule has 0 aliphatic heterocycles. The van der Waals surface area contributed by atoms with Gasteiger partial charge >= 0.3 is 5.97 Å². The van der Waals surface area contributed by atoms with Gasteiger partial charge in [-0.25, -0.2) is 0 Å². The third kappa shape index (κ3) is 4.22. The Bertz CT molecular complexity index is 451. The molecule has 1 amide bonds. The summed E-state index contributed by atoms with van der Waals surface area (Å²) in [6.07, 6.45) is -0.437. The number of carboxylic acid groups (broad SMARTS) is 1. The zero-order chi connectivity index (χ0) is 13.0. The van der Waals surface area contributed by atoms with Crippen molar-refractivity contribution in [3.05, 3.63) is 28.2 Å². The summed E-state index contributed by atoms with van der Waals surface area (Å²) in [6, 6.07) is 3.40. The molecule has 0 bridgehead atoms. The molecule has 0 saturated heterocycles. The average molecular weight is 277 g/mol. The van der Waals surface area contributed by atoms with E-state index >= 15 is 0 Å². The van der Waals surface area contributed by atoms with Gasteiger partial charge in [-0.05, 0) is 18.2 Å². The molecule has 0 fully saturated rings. The lowest BCUT2D eigenvalue weighted by Gasteiger charge is -2.10. The summed E-state index contributed by atoms with van der Waals surface area (Å²) in [5.74, 6) is -1.73. The number of halogens is 2. The fourth-order valence-electron chi connectivity index (χ4n) is 1.09. The first kappa shape index (κ1) is 13.8. The van der Waals surface area contributed by atoms with E-state index in [9.17, 15) is 9.59 Å². The number of nitrogens with two attached hydrogens (primary N) is 1. The van der Waals surface area contributed by atoms with E-state index in [4.69, 9.17) is 34.0 Å². The van der Waals surface area contributed by atoms with E-state index in [0.29, 0.717) is 10.7 Å². The van der Waals surface area contributed by atoms with Crippen LogP contribution < -0.4 is 11.1 Å². The molecule has 0 aliphatic carbocycles. The fraction of sp³-hybridized carbons (Fsp3) is 0.200. The van der Waals surface area contributed by atoms with Gasteiger partial charge in [0.25, 0.3) is 0 Å². The van der Waals surface area contributed by atoms with E-state index in [1.165, 1.54) is 12.1 Å². The van der Waals surface area contributed by atoms with Gasteiger partial charge in [0.1, 0.15) is 0 Å². The second-order valence-corrected chi connectivity index (χ2v) is 4.14. The Morgan fingerprint density at radius 1 is 1.35 bits per heavy atom. The maximum Gasteiger partial charge on any atom is 0.305 e. The highest BCUT2D eigenvalue weighted by atomic mass is 35.5. The first-order chi connectivity index (χ1) is 7.90. The number of aliphatic carboxylic acids is 1. The third-order valence-corrected chi connectivity index (χ3v) is 2.66. The zero-order valence-corrected chi connectivity index (χ0v) is 10.1. The topological polar surface area (TPSA) is 92.4 Å². The number of hydrogen-bond donors (Lipinski definition) is 3. The Balaban J connectivity index is 2.67. The number of rotatable bonds is 4. The number of carbonyl (C=O) groups excluding carboxylic acids is 1. The molecule has 1 rings (SSSR count). The summed E-state index contributed by atoms with van der Waals surface area (Å²) in [7, 11) is 0. The van der Waals surface area contributed by atoms with Gasteiger partial charge in [-0.15, -0.1) is 0 Å². The van der Waals surface area contributed by atoms with E-state index in [0.717, 1.165) is 0 Å². The van der Waals surface area contributed by atoms with Crippen molar-refractivity contribution in [2.45, 2.75) is 12.5 Å². The van der Waals surface area contributed by atoms with Crippen LogP contribution in [0.15, 0.2) is 18.2 Å². The van der Waals surface area contributed by atoms with Crippen LogP contribution in [0.3, 0.4) is 0 Å². The first-order valence-corrected chi connectivity index (χ1v) is 5.39. The van der Waals surface area contributed by atoms with E-state index in [1.54, 1.807) is 6.07 Å². The van der Waals surface area contributed by atoms with E-state index in [2.05, 4.69) is 5.32 Å². The normalized spacial score (nSPS) is 11.9. The van der Waals surface area contributed by atoms with E-state index in [1.807, 2.05) is 0 Å². The highest BCUT2D eigenvalue weighted by Crippen LogP contribution is 2.24. The van der Waals surface area contributed by atoms with Crippen molar-refractivity contribution in [3.8, 4) is 0 Å². The SMILES string of the molecule is NC(CC(=O)O)C(=O)Nc1ccc(Cl)c(Cl)c1. The molecule has 92 valence electrons. The Labute approximate surface area is 108 Å². The Kier molecular flexibility index (Phi) is 4.74. The largest absolute Gasteiger partial charge is 0.481 e. The van der Waals surface area contributed by atoms with Crippen molar-refractivity contribution in [3.63, 3.8) is 0 Å². The highest BCUT2D eigenvalue weighted by molar-refractivity contribution is 6.42. The van der Waals surface area contributed by atoms with Crippen LogP contribution >= 0.6 is 23.2 Å². The van der Waals surface area contributed by atoms with Gasteiger partial charge < -0.3 is 16.2 Å². The molecule has 0 heterocycles. The van der Waals surface area contributed by atoms with Crippen LogP contribution in [0, 0.1) is 0 Å². The fourth-order valence-corrected chi connectivity index (χ4v) is 1.39. The van der Waals surface area contributed by atoms with Crippen LogP contribution in [0.4, 0.5) is 5.69 Å². The molecule has 7 heteroatoms. The number of amides is 1. The van der Waals surface area contributed by atoms with Crippen molar-refractivity contribution < 1.29 is 14.7 Å². The lowest BCUT2D eigenvalue weighted by Crippen LogP contribution is -2.37. The summed E-state index contributed by atoms with van der Waals surface area (Å²) in [6.45, 7) is 0. The van der Waals surface area contributed by atoms with Crippen molar-refractivity contribution in [1.29, 1.82) is 0 Å². The number of carboxylic acids is 1. The predicted molar refractivity (Wildman–Crippen MR) is 65.3 cm³/mol. The summed E-state index contributed by atoms with van der Waals surface area (Å²) in [5.41, 5.74) is 5.79. The van der Waals surface area contributed by atoms with E-state index in [-0.39, 0.29) is 5.02 Å². The van der Waals surface area contributed by atoms with Crippen LogP contribution in [0.25, 0.3) is 0 Å². The summed E-state index contributed by atoms with van der Waals surface area (Å²) in [4.78, 5) is 21.8. The second kappa shape index (κ2) is 5.86. The van der Waals surface area contributed by atoms with Gasteiger partial charge in [-0.2, -0.15) is 0 Å². The Hall–Kier alpha value is -1.30. The summed E-state index contributed by atoms with van der Waals surface area (Å²) >= 11 is 11.5. The monoisotopic (exact) mass is 276 g/mol. The van der Waals surface area contributed by atoms with Crippen molar-refractivity contribution >= 4 is 40.8 Å². The third-order valence-electron chi connectivity index (χ3n) is 1.92. The maximum atomic E-state index is 11.5. The van der Waals surface area contributed by atoms with Crippen LogP contribution in [0.5, 0.6) is 0 Å². The molecular formula is C10H10Cl2N2O3. The molecule has 4 N–H and O–H groups in total. The molecule has 1 aromatic carbocycles. The number of nitrogens with one attached hydrogen (secondary N) is 1. The number of hydrogen-bond acceptors (Lipinski definition) is 3. The molecule has 5 nitrogen and oxygen atoms in total. The minimum Gasteiger partial charge on any atom is -0.481 e. The van der Waals surface area contributed by atoms with Crippen LogP contribution in [-0.4, -0.2) is 23.0 Å². The molecule has 0 radical (unpaired) electrons. The molecule has 0 aliphatic rings. The van der Waals surface area contributed by atoms with Gasteiger partial charge in [-0.3, -0.25) is 9.59 Å². The number of anilines is 1. The van der Waals surface area contributed by atoms with Gasteiger partial charge in [-0.1, -0.05) is 23.2 Å². The van der Waals surface area contributed by atoms with Gasteiger partial charge in [0.15, 0.2) is 0 Å². The second-order valence-electron chi connectivity index (χ2n) is 3.32. The highest BCUT2D eigenvalue weighted by Gasteiger charge is 2.17. The molecule has 0 spiro atoms. The zero-order valence-electron chi connectivity index (χ0n) is 8.61. The smallest absolute Gasteiger partial charge is 0.305 e. The van der Waals surface area contributed by atoms with Crippen molar-refractivity contribution in [2.75, 3.05) is 5.32 Å². The van der Waals surface area contributed by atoms with Gasteiger partial charge in [0.05, 0.1) is 22.5 Å². The van der Waals surface area contributed by atoms with Gasteiger partial charge in [0, 0.05) is 5.69 Å². The Morgan fingerprint density at radius 2 is 2.00 bits per heavy atom. The molecule has 1 unspecified atom stereocenters. The van der Waals surface area contributed by atoms with Crippen molar-refractivity contribution in [1.82, 2.24) is 0 Å². The predicted octanol–water partition coefficient (Wildman–Crippen LogP) is 1.73. The first-order valence-electron chi connectivity index (χ1n) is 4.63. The quantitative estimate of drug-likeness (QED) is 0.781. The molecule has 1 aromatic rings. The number of carbonyl (C=O) groups is 2. The minimum absolute atomic E-state index is 0.288. The average Bonchev–Trinajstić information content (AvgIpc) is 2.22. The minimum atomic E-state index is -1.14. The van der Waals surface area contributed by atoms with Crippen LogP contribution in [0.1, 0.15) is 6.42 Å². The molecular weight excluding hydrogens is 267 g/mol. The molecule has 17 heavy (non-hydrogen) atoms. The van der Waals surface area contributed by atoms with E-state index < -0.39 is 24.3 Å². The maximum absolute atomic E-state index is 11.5. The lowest BCUT2D eigenvalue weighted by molar-refractivity contribution is -0.138. The summed E-state index contributed by atoms with van der Waals surface area (Å²) < 4.78 is 0. The van der Waals surface area contributed by atoms with Crippen molar-refractivity contribution in [2.24, 2.45) is 5.73 Å². The standard InChI is InChI=1S/C10H10Cl2N2O3/c11-6-2-1-5(3-7(6)12)14-10(17)8(13)4-9(15)16/h1-3,8H,4,13H2,(H,14,17)(H,15,16).